The predicted octanol–water partition coefficient (Wildman–Crippen LogP) is 9.04. The standard InChI is InChI=1S/C24H57N4Si3.C2H6N.Zr/c1-22(2,3)29(10,11)25-16-19-28(20-17-26-30(12,13)23(4,5)6)21-18-27-31(14,15)24(7,8)9;1-3-2;/h16-21H2,1-15H3;1-2H3;/q-3;-1;+4. The van der Waals surface area contributed by atoms with Crippen molar-refractivity contribution in [3.63, 3.8) is 0 Å². The van der Waals surface area contributed by atoms with Crippen LogP contribution >= 0.6 is 0 Å². The molecule has 35 heavy (non-hydrogen) atoms. The van der Waals surface area contributed by atoms with Crippen LogP contribution in [-0.2, 0) is 26.2 Å². The Bertz CT molecular complexity index is 475. The zero-order valence-electron chi connectivity index (χ0n) is 27.0. The van der Waals surface area contributed by atoms with E-state index < -0.39 is 24.7 Å². The third-order valence-electron chi connectivity index (χ3n) is 8.28. The monoisotopic (exact) mass is 619 g/mol. The second-order valence-electron chi connectivity index (χ2n) is 14.4. The van der Waals surface area contributed by atoms with Gasteiger partial charge in [-0.05, 0) is 19.6 Å². The molecule has 0 saturated carbocycles. The van der Waals surface area contributed by atoms with Crippen LogP contribution in [0.25, 0.3) is 20.3 Å². The van der Waals surface area contributed by atoms with Crippen molar-refractivity contribution in [3.8, 4) is 0 Å². The van der Waals surface area contributed by atoms with E-state index in [4.69, 9.17) is 14.9 Å². The molecule has 0 unspecified atom stereocenters. The summed E-state index contributed by atoms with van der Waals surface area (Å²) in [5.41, 5.74) is 0. The Hall–Kier alpha value is 1.33. The molecule has 0 aromatic heterocycles. The van der Waals surface area contributed by atoms with Gasteiger partial charge in [-0.3, -0.25) is 0 Å². The fourth-order valence-electron chi connectivity index (χ4n) is 2.46. The minimum absolute atomic E-state index is 0. The maximum Gasteiger partial charge on any atom is 4.00 e. The molecule has 0 radical (unpaired) electrons. The maximum atomic E-state index is 5.21. The Morgan fingerprint density at radius 2 is 0.657 bits per heavy atom. The first-order valence-electron chi connectivity index (χ1n) is 13.2. The smallest absolute Gasteiger partial charge is 0.668 e. The van der Waals surface area contributed by atoms with E-state index in [9.17, 15) is 0 Å². The first-order chi connectivity index (χ1) is 14.9. The molecule has 0 rings (SSSR count). The zero-order chi connectivity index (χ0) is 27.6. The Labute approximate surface area is 244 Å². The molecule has 0 fully saturated rings. The van der Waals surface area contributed by atoms with Crippen molar-refractivity contribution in [3.05, 3.63) is 20.3 Å². The summed E-state index contributed by atoms with van der Waals surface area (Å²) in [6, 6.07) is 0. The summed E-state index contributed by atoms with van der Waals surface area (Å²) < 4.78 is 0. The van der Waals surface area contributed by atoms with Crippen molar-refractivity contribution in [2.45, 2.75) is 117 Å². The van der Waals surface area contributed by atoms with Gasteiger partial charge in [-0.1, -0.05) is 141 Å². The summed E-state index contributed by atoms with van der Waals surface area (Å²) in [4.78, 5) is 18.2. The first kappa shape index (κ1) is 40.8. The molecule has 0 bridgehead atoms. The van der Waals surface area contributed by atoms with Gasteiger partial charge in [0.2, 0.25) is 0 Å². The van der Waals surface area contributed by atoms with Gasteiger partial charge in [0, 0.05) is 0 Å². The van der Waals surface area contributed by atoms with Crippen molar-refractivity contribution < 1.29 is 26.2 Å². The molecule has 0 aromatic carbocycles. The predicted molar refractivity (Wildman–Crippen MR) is 168 cm³/mol. The molecule has 0 aliphatic rings. The van der Waals surface area contributed by atoms with Crippen LogP contribution in [0.4, 0.5) is 0 Å². The van der Waals surface area contributed by atoms with Crippen LogP contribution < -0.4 is 0 Å². The van der Waals surface area contributed by atoms with Crippen molar-refractivity contribution in [2.24, 2.45) is 0 Å². The number of hydrogen-bond donors (Lipinski definition) is 0. The number of hydrogen-bond acceptors (Lipinski definition) is 1. The number of rotatable bonds is 12. The van der Waals surface area contributed by atoms with Crippen LogP contribution in [0.5, 0.6) is 0 Å². The molecule has 0 aliphatic carbocycles. The van der Waals surface area contributed by atoms with Crippen LogP contribution in [0.3, 0.4) is 0 Å². The van der Waals surface area contributed by atoms with E-state index in [0.717, 1.165) is 39.3 Å². The van der Waals surface area contributed by atoms with Crippen molar-refractivity contribution in [1.82, 2.24) is 4.90 Å². The topological polar surface area (TPSA) is 59.6 Å². The molecule has 208 valence electrons. The van der Waals surface area contributed by atoms with Gasteiger partial charge in [0.1, 0.15) is 0 Å². The Morgan fingerprint density at radius 3 is 0.800 bits per heavy atom. The van der Waals surface area contributed by atoms with Gasteiger partial charge in [0.15, 0.2) is 0 Å². The third-order valence-corrected chi connectivity index (χ3v) is 22.3. The largest absolute Gasteiger partial charge is 4.00 e. The summed E-state index contributed by atoms with van der Waals surface area (Å²) in [6.45, 7) is 41.4. The van der Waals surface area contributed by atoms with Crippen LogP contribution in [-0.4, -0.2) is 83.0 Å². The van der Waals surface area contributed by atoms with E-state index in [1.807, 2.05) is 0 Å². The van der Waals surface area contributed by atoms with Gasteiger partial charge in [0.05, 0.1) is 0 Å². The molecule has 0 amide bonds. The van der Waals surface area contributed by atoms with E-state index in [1.54, 1.807) is 14.1 Å². The van der Waals surface area contributed by atoms with Gasteiger partial charge < -0.3 is 25.2 Å². The fraction of sp³-hybridized carbons (Fsp3) is 1.00. The van der Waals surface area contributed by atoms with Crippen LogP contribution in [0.15, 0.2) is 0 Å². The molecule has 0 spiro atoms. The second kappa shape index (κ2) is 16.4. The van der Waals surface area contributed by atoms with Crippen LogP contribution in [0.2, 0.25) is 54.4 Å². The van der Waals surface area contributed by atoms with Gasteiger partial charge in [0.25, 0.3) is 0 Å². The first-order valence-corrected chi connectivity index (χ1v) is 22.1. The molecule has 5 nitrogen and oxygen atoms in total. The maximum absolute atomic E-state index is 5.21. The minimum Gasteiger partial charge on any atom is -0.668 e. The fourth-order valence-corrected chi connectivity index (χ4v) is 5.86. The average Bonchev–Trinajstić information content (AvgIpc) is 2.58. The molecule has 0 aromatic rings. The number of nitrogens with zero attached hydrogens (tertiary/aromatic N) is 5. The van der Waals surface area contributed by atoms with Crippen LogP contribution in [0, 0.1) is 0 Å². The third kappa shape index (κ3) is 16.1. The van der Waals surface area contributed by atoms with Crippen molar-refractivity contribution in [2.75, 3.05) is 53.4 Å². The van der Waals surface area contributed by atoms with E-state index in [-0.39, 0.29) is 26.2 Å². The van der Waals surface area contributed by atoms with Gasteiger partial charge in [-0.2, -0.15) is 14.1 Å². The molecule has 0 saturated heterocycles. The summed E-state index contributed by atoms with van der Waals surface area (Å²) in [6.07, 6.45) is 0. The Balaban J connectivity index is -0.00000242. The summed E-state index contributed by atoms with van der Waals surface area (Å²) >= 11 is 0. The molecule has 0 N–H and O–H groups in total. The Morgan fingerprint density at radius 1 is 0.486 bits per heavy atom. The average molecular weight is 621 g/mol. The molecule has 9 heteroatoms. The van der Waals surface area contributed by atoms with E-state index in [2.05, 4.69) is 112 Å². The van der Waals surface area contributed by atoms with Crippen LogP contribution in [0.1, 0.15) is 62.3 Å². The zero-order valence-corrected chi connectivity index (χ0v) is 32.4. The Kier molecular flexibility index (Phi) is 19.2. The van der Waals surface area contributed by atoms with Gasteiger partial charge in [-0.15, -0.1) is 19.6 Å². The molecular weight excluding hydrogens is 558 g/mol. The van der Waals surface area contributed by atoms with E-state index in [1.165, 1.54) is 0 Å². The van der Waals surface area contributed by atoms with Gasteiger partial charge in [-0.25, -0.2) is 0 Å². The molecular formula is C26H63N5Si3Zr. The molecule has 0 aliphatic heterocycles. The van der Waals surface area contributed by atoms with Gasteiger partial charge >= 0.3 is 26.2 Å². The van der Waals surface area contributed by atoms with E-state index >= 15 is 0 Å². The summed E-state index contributed by atoms with van der Waals surface area (Å²) in [5.74, 6) is 0. The second-order valence-corrected chi connectivity index (χ2v) is 29.2. The normalized spacial score (nSPS) is 13.9. The van der Waals surface area contributed by atoms with E-state index in [0.29, 0.717) is 15.1 Å². The van der Waals surface area contributed by atoms with Crippen molar-refractivity contribution >= 4 is 24.7 Å². The van der Waals surface area contributed by atoms with Crippen molar-refractivity contribution in [1.29, 1.82) is 0 Å². The summed E-state index contributed by atoms with van der Waals surface area (Å²) in [7, 11) is -1.24. The molecule has 0 heterocycles. The summed E-state index contributed by atoms with van der Waals surface area (Å²) in [5, 5.41) is 4.44. The molecule has 0 atom stereocenters. The SMILES string of the molecule is CC(C)(C)[Si](C)(C)[N-]CCN(CC[N-][Si](C)(C)C(C)(C)C)CC[N-][Si](C)(C)C(C)(C)C.C[N-]C.[Zr+4]. The minimum atomic E-state index is -1.58. The quantitative estimate of drug-likeness (QED) is 0.201.